The minimum absolute atomic E-state index is 0.0545. The third-order valence-corrected chi connectivity index (χ3v) is 16.4. The van der Waals surface area contributed by atoms with E-state index < -0.39 is 76.6 Å². The van der Waals surface area contributed by atoms with E-state index in [0.717, 1.165) is 41.7 Å². The van der Waals surface area contributed by atoms with Crippen molar-refractivity contribution < 1.29 is 58.0 Å². The van der Waals surface area contributed by atoms with E-state index in [0.29, 0.717) is 64.3 Å². The Bertz CT molecular complexity index is 3410. The molecular formula is C63H60N4O13. The van der Waals surface area contributed by atoms with E-state index in [1.54, 1.807) is 54.5 Å². The van der Waals surface area contributed by atoms with E-state index in [4.69, 9.17) is 23.7 Å². The van der Waals surface area contributed by atoms with Crippen molar-refractivity contribution in [1.82, 2.24) is 9.80 Å². The molecule has 1 saturated carbocycles. The predicted molar refractivity (Wildman–Crippen MR) is 292 cm³/mol. The van der Waals surface area contributed by atoms with Crippen LogP contribution >= 0.6 is 0 Å². The molecule has 2 N–H and O–H groups in total. The number of aliphatic hydroxyl groups excluding tert-OH is 1. The van der Waals surface area contributed by atoms with Crippen LogP contribution in [0.3, 0.4) is 0 Å². The second-order valence-electron chi connectivity index (χ2n) is 20.9. The van der Waals surface area contributed by atoms with Gasteiger partial charge in [-0.15, -0.1) is 0 Å². The molecule has 4 aliphatic heterocycles. The number of anilines is 1. The first-order valence-electron chi connectivity index (χ1n) is 27.0. The highest BCUT2D eigenvalue weighted by Crippen LogP contribution is 2.66. The molecule has 11 rings (SSSR count). The number of benzene rings is 6. The van der Waals surface area contributed by atoms with Gasteiger partial charge in [0.15, 0.2) is 11.5 Å². The average Bonchev–Trinajstić information content (AvgIpc) is 3.73. The first-order valence-corrected chi connectivity index (χ1v) is 27.0. The van der Waals surface area contributed by atoms with E-state index in [1.165, 1.54) is 31.4 Å². The lowest BCUT2D eigenvalue weighted by atomic mass is 9.64. The van der Waals surface area contributed by atoms with Gasteiger partial charge in [-0.25, -0.2) is 9.69 Å². The molecule has 1 spiro atoms. The number of nitro benzene ring substituents is 1. The number of esters is 1. The van der Waals surface area contributed by atoms with Crippen LogP contribution in [0.4, 0.5) is 16.2 Å². The zero-order valence-corrected chi connectivity index (χ0v) is 44.3. The number of aliphatic hydroxyl groups is 2. The molecule has 4 heterocycles. The maximum atomic E-state index is 17.0. The SMILES string of the molecule is COc1cc2c(cc1OC)CN(C(=O)[C@H]1[C@@H]3C(=O)O[C@@H](c4ccccc4)[C@@H](c4ccccc4)N3[C@@H](c3cccc(OCCO)c3)[C@]13C(=O)N(C(=O)OCc1ccc([N+](=O)[O-])cc1)c1ccc(C#CC4(O)CCCCCC4)cc13)CC2. The maximum absolute atomic E-state index is 17.0. The highest BCUT2D eigenvalue weighted by molar-refractivity contribution is 6.23. The number of methoxy groups -OCH3 is 2. The molecule has 0 aromatic heterocycles. The molecular weight excluding hydrogens is 1020 g/mol. The van der Waals surface area contributed by atoms with Gasteiger partial charge in [-0.1, -0.05) is 97.5 Å². The zero-order valence-electron chi connectivity index (χ0n) is 44.3. The molecule has 6 aromatic carbocycles. The molecule has 1 aliphatic carbocycles. The van der Waals surface area contributed by atoms with Crippen molar-refractivity contribution in [2.75, 3.05) is 38.9 Å². The van der Waals surface area contributed by atoms with Crippen LogP contribution in [0.15, 0.2) is 140 Å². The number of rotatable bonds is 12. The number of hydrogen-bond donors (Lipinski definition) is 2. The van der Waals surface area contributed by atoms with Gasteiger partial charge in [0.2, 0.25) is 11.8 Å². The summed E-state index contributed by atoms with van der Waals surface area (Å²) in [6.45, 7) is -0.537. The summed E-state index contributed by atoms with van der Waals surface area (Å²) < 4.78 is 30.2. The second kappa shape index (κ2) is 22.3. The highest BCUT2D eigenvalue weighted by Gasteiger charge is 2.76. The number of cyclic esters (lactones) is 1. The number of fused-ring (bicyclic) bond motifs is 4. The van der Waals surface area contributed by atoms with Gasteiger partial charge in [-0.05, 0) is 126 Å². The fourth-order valence-electron chi connectivity index (χ4n) is 12.7. The Balaban J connectivity index is 1.17. The number of morpholine rings is 1. The van der Waals surface area contributed by atoms with E-state index in [1.807, 2.05) is 77.7 Å². The lowest BCUT2D eigenvalue weighted by Crippen LogP contribution is -2.57. The molecule has 6 aromatic rings. The third kappa shape index (κ3) is 9.67. The molecule has 17 heteroatoms. The maximum Gasteiger partial charge on any atom is 0.421 e. The summed E-state index contributed by atoms with van der Waals surface area (Å²) in [6.07, 6.45) is 2.72. The highest BCUT2D eigenvalue weighted by atomic mass is 16.6. The van der Waals surface area contributed by atoms with Crippen LogP contribution in [0.2, 0.25) is 0 Å². The second-order valence-corrected chi connectivity index (χ2v) is 20.9. The van der Waals surface area contributed by atoms with Crippen molar-refractivity contribution in [3.63, 3.8) is 0 Å². The van der Waals surface area contributed by atoms with E-state index in [-0.39, 0.29) is 43.2 Å². The van der Waals surface area contributed by atoms with Gasteiger partial charge in [-0.2, -0.15) is 0 Å². The molecule has 2 saturated heterocycles. The third-order valence-electron chi connectivity index (χ3n) is 16.4. The lowest BCUT2D eigenvalue weighted by molar-refractivity contribution is -0.384. The summed E-state index contributed by atoms with van der Waals surface area (Å²) in [5.41, 5.74) is 0.870. The van der Waals surface area contributed by atoms with Crippen LogP contribution < -0.4 is 19.1 Å². The van der Waals surface area contributed by atoms with Crippen molar-refractivity contribution in [2.24, 2.45) is 5.92 Å². The number of hydrogen-bond acceptors (Lipinski definition) is 14. The van der Waals surface area contributed by atoms with Crippen LogP contribution in [0.1, 0.15) is 101 Å². The van der Waals surface area contributed by atoms with Crippen molar-refractivity contribution in [3.8, 4) is 29.1 Å². The largest absolute Gasteiger partial charge is 0.493 e. The van der Waals surface area contributed by atoms with E-state index in [2.05, 4.69) is 11.8 Å². The Morgan fingerprint density at radius 3 is 2.14 bits per heavy atom. The number of amides is 3. The zero-order chi connectivity index (χ0) is 55.7. The number of non-ortho nitro benzene ring substituents is 1. The number of carbonyl (C=O) groups is 4. The first-order chi connectivity index (χ1) is 38.9. The van der Waals surface area contributed by atoms with Crippen LogP contribution in [0.25, 0.3) is 0 Å². The Morgan fingerprint density at radius 2 is 1.46 bits per heavy atom. The van der Waals surface area contributed by atoms with Crippen LogP contribution in [-0.4, -0.2) is 94.4 Å². The van der Waals surface area contributed by atoms with Crippen LogP contribution in [0.5, 0.6) is 17.2 Å². The summed E-state index contributed by atoms with van der Waals surface area (Å²) in [4.78, 5) is 80.3. The van der Waals surface area contributed by atoms with Crippen molar-refractivity contribution in [3.05, 3.63) is 194 Å². The molecule has 5 aliphatic rings. The summed E-state index contributed by atoms with van der Waals surface area (Å²) in [7, 11) is 3.08. The standard InChI is InChI=1S/C63H60N4O13/c1-76-51-36-44-27-31-64(38-46(44)37-52(51)77-2)58(69)53-55-59(70)80-56(43-16-9-6-10-17-43)54(42-14-7-5-8-15-42)66(55)57(45-18-13-19-48(35-45)78-33-32-68)63(53)49-34-40(26-30-62(73)28-11-3-4-12-29-62)22-25-50(49)65(60(63)71)61(72)79-39-41-20-23-47(24-21-41)67(74)75/h5-10,13-25,34-37,53-57,68,73H,3-4,11-12,27-29,31-33,38-39H2,1-2H3/t53-,54-,55-,56+,57+,63-/m1/s1. The topological polar surface area (TPSA) is 208 Å². The van der Waals surface area contributed by atoms with Gasteiger partial charge in [0.25, 0.3) is 5.69 Å². The van der Waals surface area contributed by atoms with Gasteiger partial charge >= 0.3 is 12.1 Å². The molecule has 410 valence electrons. The van der Waals surface area contributed by atoms with Crippen molar-refractivity contribution >= 4 is 35.3 Å². The number of ether oxygens (including phenoxy) is 5. The molecule has 17 nitrogen and oxygen atoms in total. The van der Waals surface area contributed by atoms with Crippen LogP contribution in [-0.2, 0) is 48.8 Å². The van der Waals surface area contributed by atoms with Crippen LogP contribution in [0, 0.1) is 27.9 Å². The molecule has 0 bridgehead atoms. The minimum Gasteiger partial charge on any atom is -0.493 e. The number of imide groups is 1. The molecule has 0 unspecified atom stereocenters. The Kier molecular flexibility index (Phi) is 14.9. The van der Waals surface area contributed by atoms with Gasteiger partial charge < -0.3 is 38.8 Å². The molecule has 80 heavy (non-hydrogen) atoms. The van der Waals surface area contributed by atoms with Gasteiger partial charge in [0, 0.05) is 30.8 Å². The summed E-state index contributed by atoms with van der Waals surface area (Å²) in [5, 5.41) is 33.4. The lowest BCUT2D eigenvalue weighted by Gasteiger charge is -2.46. The summed E-state index contributed by atoms with van der Waals surface area (Å²) in [6, 6.07) is 36.1. The number of carbonyl (C=O) groups excluding carboxylic acids is 4. The van der Waals surface area contributed by atoms with Gasteiger partial charge in [0.05, 0.1) is 49.4 Å². The smallest absolute Gasteiger partial charge is 0.421 e. The average molecular weight is 1080 g/mol. The fraction of sp³-hybridized carbons (Fsp3) is 0.333. The monoisotopic (exact) mass is 1080 g/mol. The van der Waals surface area contributed by atoms with Gasteiger partial charge in [0.1, 0.15) is 42.1 Å². The molecule has 3 fully saturated rings. The first kappa shape index (κ1) is 53.4. The Labute approximate surface area is 462 Å². The molecule has 3 amide bonds. The number of nitro groups is 1. The Hall–Kier alpha value is -8.56. The van der Waals surface area contributed by atoms with E-state index >= 15 is 19.2 Å². The molecule has 6 atom stereocenters. The Morgan fingerprint density at radius 1 is 0.787 bits per heavy atom. The number of nitrogens with zero attached hydrogens (tertiary/aromatic N) is 4. The summed E-state index contributed by atoms with van der Waals surface area (Å²) in [5.74, 6) is 3.87. The molecule has 0 radical (unpaired) electrons. The minimum atomic E-state index is -2.19. The van der Waals surface area contributed by atoms with Crippen molar-refractivity contribution in [2.45, 2.75) is 93.3 Å². The quantitative estimate of drug-likeness (QED) is 0.0386. The fourth-order valence-corrected chi connectivity index (χ4v) is 12.7. The van der Waals surface area contributed by atoms with Crippen molar-refractivity contribution in [1.29, 1.82) is 0 Å². The summed E-state index contributed by atoms with van der Waals surface area (Å²) >= 11 is 0. The normalized spacial score (nSPS) is 22.9. The van der Waals surface area contributed by atoms with E-state index in [9.17, 15) is 20.3 Å². The predicted octanol–water partition coefficient (Wildman–Crippen LogP) is 9.01. The van der Waals surface area contributed by atoms with Gasteiger partial charge in [-0.3, -0.25) is 29.4 Å².